The molecule has 0 aromatic heterocycles. The highest BCUT2D eigenvalue weighted by Crippen LogP contribution is 2.35. The summed E-state index contributed by atoms with van der Waals surface area (Å²) < 4.78 is 0. The topological polar surface area (TPSA) is 58.4 Å². The Labute approximate surface area is 117 Å². The van der Waals surface area contributed by atoms with E-state index in [2.05, 4.69) is 5.32 Å². The SMILES string of the molecule is NC1CC2CCC(C1)N2C(=O)Nc1ccccc1Cl. The molecule has 3 N–H and O–H groups in total. The molecule has 2 fully saturated rings. The van der Waals surface area contributed by atoms with Crippen LogP contribution in [0.15, 0.2) is 24.3 Å². The summed E-state index contributed by atoms with van der Waals surface area (Å²) in [4.78, 5) is 14.4. The minimum Gasteiger partial charge on any atom is -0.328 e. The number of anilines is 1. The molecule has 5 heteroatoms. The van der Waals surface area contributed by atoms with E-state index in [0.29, 0.717) is 10.7 Å². The van der Waals surface area contributed by atoms with Crippen LogP contribution in [0.4, 0.5) is 10.5 Å². The molecule has 2 atom stereocenters. The average Bonchev–Trinajstić information content (AvgIpc) is 2.65. The number of halogens is 1. The Bertz CT molecular complexity index is 479. The molecule has 2 aliphatic rings. The third kappa shape index (κ3) is 2.42. The molecule has 2 unspecified atom stereocenters. The molecule has 2 amide bonds. The Morgan fingerprint density at radius 2 is 1.89 bits per heavy atom. The second kappa shape index (κ2) is 5.02. The first-order valence-electron chi connectivity index (χ1n) is 6.74. The van der Waals surface area contributed by atoms with Gasteiger partial charge in [-0.3, -0.25) is 0 Å². The van der Waals surface area contributed by atoms with Crippen LogP contribution < -0.4 is 11.1 Å². The number of rotatable bonds is 1. The van der Waals surface area contributed by atoms with E-state index in [9.17, 15) is 4.79 Å². The van der Waals surface area contributed by atoms with E-state index in [-0.39, 0.29) is 24.2 Å². The van der Waals surface area contributed by atoms with Crippen LogP contribution in [0.25, 0.3) is 0 Å². The average molecular weight is 280 g/mol. The van der Waals surface area contributed by atoms with Gasteiger partial charge in [0.1, 0.15) is 0 Å². The molecule has 4 nitrogen and oxygen atoms in total. The van der Waals surface area contributed by atoms with Crippen molar-refractivity contribution in [3.05, 3.63) is 29.3 Å². The fourth-order valence-electron chi connectivity index (χ4n) is 3.29. The summed E-state index contributed by atoms with van der Waals surface area (Å²) >= 11 is 6.07. The molecule has 19 heavy (non-hydrogen) atoms. The summed E-state index contributed by atoms with van der Waals surface area (Å²) in [5.74, 6) is 0. The van der Waals surface area contributed by atoms with E-state index in [1.165, 1.54) is 0 Å². The zero-order valence-electron chi connectivity index (χ0n) is 10.7. The van der Waals surface area contributed by atoms with E-state index < -0.39 is 0 Å². The van der Waals surface area contributed by atoms with Crippen LogP contribution in [0.3, 0.4) is 0 Å². The number of nitrogens with one attached hydrogen (secondary N) is 1. The Kier molecular flexibility index (Phi) is 3.37. The quantitative estimate of drug-likeness (QED) is 0.830. The Morgan fingerprint density at radius 3 is 2.53 bits per heavy atom. The van der Waals surface area contributed by atoms with Gasteiger partial charge in [-0.15, -0.1) is 0 Å². The van der Waals surface area contributed by atoms with Crippen LogP contribution in [0.2, 0.25) is 5.02 Å². The van der Waals surface area contributed by atoms with Crippen LogP contribution >= 0.6 is 11.6 Å². The number of fused-ring (bicyclic) bond motifs is 2. The van der Waals surface area contributed by atoms with E-state index in [1.54, 1.807) is 6.07 Å². The van der Waals surface area contributed by atoms with Crippen molar-refractivity contribution in [2.24, 2.45) is 5.73 Å². The summed E-state index contributed by atoms with van der Waals surface area (Å²) in [6.07, 6.45) is 3.95. The number of nitrogens with two attached hydrogens (primary N) is 1. The number of nitrogens with zero attached hydrogens (tertiary/aromatic N) is 1. The van der Waals surface area contributed by atoms with E-state index in [0.717, 1.165) is 25.7 Å². The highest BCUT2D eigenvalue weighted by atomic mass is 35.5. The summed E-state index contributed by atoms with van der Waals surface area (Å²) in [6.45, 7) is 0. The Balaban J connectivity index is 1.73. The van der Waals surface area contributed by atoms with Gasteiger partial charge >= 0.3 is 6.03 Å². The third-order valence-electron chi connectivity index (χ3n) is 4.12. The highest BCUT2D eigenvalue weighted by molar-refractivity contribution is 6.33. The molecule has 0 spiro atoms. The summed E-state index contributed by atoms with van der Waals surface area (Å²) in [6, 6.07) is 8.07. The molecule has 2 saturated heterocycles. The smallest absolute Gasteiger partial charge is 0.322 e. The van der Waals surface area contributed by atoms with Crippen molar-refractivity contribution in [2.45, 2.75) is 43.8 Å². The van der Waals surface area contributed by atoms with Crippen LogP contribution in [0, 0.1) is 0 Å². The zero-order chi connectivity index (χ0) is 13.4. The third-order valence-corrected chi connectivity index (χ3v) is 4.45. The first-order chi connectivity index (χ1) is 9.15. The number of benzene rings is 1. The van der Waals surface area contributed by atoms with Crippen molar-refractivity contribution in [3.8, 4) is 0 Å². The minimum absolute atomic E-state index is 0.0486. The molecule has 2 bridgehead atoms. The van der Waals surface area contributed by atoms with Gasteiger partial charge in [-0.05, 0) is 37.8 Å². The van der Waals surface area contributed by atoms with Crippen LogP contribution in [-0.4, -0.2) is 29.1 Å². The highest BCUT2D eigenvalue weighted by Gasteiger charge is 2.42. The maximum atomic E-state index is 12.4. The lowest BCUT2D eigenvalue weighted by molar-refractivity contribution is 0.150. The van der Waals surface area contributed by atoms with E-state index >= 15 is 0 Å². The molecule has 2 aliphatic heterocycles. The van der Waals surface area contributed by atoms with Gasteiger partial charge in [-0.2, -0.15) is 0 Å². The molecule has 102 valence electrons. The standard InChI is InChI=1S/C14H18ClN3O/c15-12-3-1-2-4-13(12)17-14(19)18-10-5-6-11(18)8-9(16)7-10/h1-4,9-11H,5-8,16H2,(H,17,19). The number of para-hydroxylation sites is 1. The maximum Gasteiger partial charge on any atom is 0.322 e. The normalized spacial score (nSPS) is 29.4. The first kappa shape index (κ1) is 12.8. The maximum absolute atomic E-state index is 12.4. The van der Waals surface area contributed by atoms with Gasteiger partial charge in [0.25, 0.3) is 0 Å². The lowest BCUT2D eigenvalue weighted by atomic mass is 9.99. The summed E-state index contributed by atoms with van der Waals surface area (Å²) in [5.41, 5.74) is 6.68. The Hall–Kier alpha value is -1.26. The van der Waals surface area contributed by atoms with Crippen molar-refractivity contribution >= 4 is 23.3 Å². The van der Waals surface area contributed by atoms with Gasteiger partial charge < -0.3 is 16.0 Å². The van der Waals surface area contributed by atoms with Gasteiger partial charge in [0.2, 0.25) is 0 Å². The van der Waals surface area contributed by atoms with Crippen LogP contribution in [0.5, 0.6) is 0 Å². The van der Waals surface area contributed by atoms with Gasteiger partial charge in [-0.1, -0.05) is 23.7 Å². The van der Waals surface area contributed by atoms with Crippen molar-refractivity contribution in [1.82, 2.24) is 4.90 Å². The van der Waals surface area contributed by atoms with Gasteiger partial charge in [0, 0.05) is 18.1 Å². The predicted molar refractivity (Wildman–Crippen MR) is 76.3 cm³/mol. The fraction of sp³-hybridized carbons (Fsp3) is 0.500. The summed E-state index contributed by atoms with van der Waals surface area (Å²) in [7, 11) is 0. The van der Waals surface area contributed by atoms with Crippen LogP contribution in [0.1, 0.15) is 25.7 Å². The Morgan fingerprint density at radius 1 is 1.26 bits per heavy atom. The first-order valence-corrected chi connectivity index (χ1v) is 7.12. The molecule has 0 radical (unpaired) electrons. The molecule has 1 aromatic rings. The molecule has 3 rings (SSSR count). The zero-order valence-corrected chi connectivity index (χ0v) is 11.4. The van der Waals surface area contributed by atoms with Crippen molar-refractivity contribution in [3.63, 3.8) is 0 Å². The number of hydrogen-bond acceptors (Lipinski definition) is 2. The molecule has 0 aliphatic carbocycles. The number of carbonyl (C=O) groups is 1. The van der Waals surface area contributed by atoms with Crippen molar-refractivity contribution < 1.29 is 4.79 Å². The number of piperidine rings is 1. The fourth-order valence-corrected chi connectivity index (χ4v) is 3.48. The second-order valence-corrected chi connectivity index (χ2v) is 5.84. The van der Waals surface area contributed by atoms with E-state index in [1.807, 2.05) is 23.1 Å². The largest absolute Gasteiger partial charge is 0.328 e. The molecular formula is C14H18ClN3O. The monoisotopic (exact) mass is 279 g/mol. The van der Waals surface area contributed by atoms with E-state index in [4.69, 9.17) is 17.3 Å². The lowest BCUT2D eigenvalue weighted by Crippen LogP contribution is -2.51. The number of carbonyl (C=O) groups excluding carboxylic acids is 1. The minimum atomic E-state index is -0.0486. The summed E-state index contributed by atoms with van der Waals surface area (Å²) in [5, 5.41) is 3.48. The molecule has 1 aromatic carbocycles. The van der Waals surface area contributed by atoms with Crippen LogP contribution in [-0.2, 0) is 0 Å². The van der Waals surface area contributed by atoms with Crippen molar-refractivity contribution in [2.75, 3.05) is 5.32 Å². The second-order valence-electron chi connectivity index (χ2n) is 5.43. The number of amides is 2. The molecule has 0 saturated carbocycles. The molecular weight excluding hydrogens is 262 g/mol. The lowest BCUT2D eigenvalue weighted by Gasteiger charge is -2.37. The van der Waals surface area contributed by atoms with Gasteiger partial charge in [0.15, 0.2) is 0 Å². The molecule has 2 heterocycles. The number of hydrogen-bond donors (Lipinski definition) is 2. The van der Waals surface area contributed by atoms with Crippen molar-refractivity contribution in [1.29, 1.82) is 0 Å². The van der Waals surface area contributed by atoms with Gasteiger partial charge in [-0.25, -0.2) is 4.79 Å². The number of urea groups is 1. The predicted octanol–water partition coefficient (Wildman–Crippen LogP) is 2.83. The van der Waals surface area contributed by atoms with Gasteiger partial charge in [0.05, 0.1) is 10.7 Å².